The number of benzene rings is 1. The lowest BCUT2D eigenvalue weighted by Gasteiger charge is -2.41. The molecule has 1 aromatic carbocycles. The zero-order chi connectivity index (χ0) is 22.9. The summed E-state index contributed by atoms with van der Waals surface area (Å²) in [4.78, 5) is 34.0. The molecule has 2 aliphatic heterocycles. The summed E-state index contributed by atoms with van der Waals surface area (Å²) in [6, 6.07) is 12.4. The zero-order valence-corrected chi connectivity index (χ0v) is 20.1. The van der Waals surface area contributed by atoms with Crippen LogP contribution in [-0.2, 0) is 11.2 Å². The van der Waals surface area contributed by atoms with Crippen LogP contribution in [0.3, 0.4) is 0 Å². The molecule has 0 saturated carbocycles. The number of rotatable bonds is 4. The Morgan fingerprint density at radius 1 is 1.06 bits per heavy atom. The van der Waals surface area contributed by atoms with E-state index in [1.54, 1.807) is 23.5 Å². The second kappa shape index (κ2) is 9.37. The van der Waals surface area contributed by atoms with Gasteiger partial charge in [-0.3, -0.25) is 14.5 Å². The molecule has 5 nitrogen and oxygen atoms in total. The molecule has 8 heteroatoms. The van der Waals surface area contributed by atoms with E-state index in [1.165, 1.54) is 27.8 Å². The molecule has 0 bridgehead atoms. The minimum Gasteiger partial charge on any atom is -0.338 e. The Hall–Kier alpha value is -2.55. The van der Waals surface area contributed by atoms with Gasteiger partial charge in [0.05, 0.1) is 17.5 Å². The topological polar surface area (TPSA) is 43.9 Å². The molecule has 0 aliphatic carbocycles. The number of carbonyl (C=O) groups excluding carboxylic acids is 2. The van der Waals surface area contributed by atoms with Crippen molar-refractivity contribution in [2.24, 2.45) is 0 Å². The van der Waals surface area contributed by atoms with Gasteiger partial charge in [-0.15, -0.1) is 22.7 Å². The molecule has 2 aromatic heterocycles. The van der Waals surface area contributed by atoms with E-state index < -0.39 is 0 Å². The van der Waals surface area contributed by atoms with Gasteiger partial charge >= 0.3 is 0 Å². The highest BCUT2D eigenvalue weighted by Crippen LogP contribution is 2.37. The van der Waals surface area contributed by atoms with Crippen molar-refractivity contribution in [2.75, 3.05) is 32.7 Å². The minimum atomic E-state index is -0.263. The molecule has 1 saturated heterocycles. The second-order valence-electron chi connectivity index (χ2n) is 8.64. The second-order valence-corrected chi connectivity index (χ2v) is 10.6. The largest absolute Gasteiger partial charge is 0.338 e. The lowest BCUT2D eigenvalue weighted by molar-refractivity contribution is -0.135. The fourth-order valence-corrected chi connectivity index (χ4v) is 6.49. The van der Waals surface area contributed by atoms with Crippen LogP contribution in [0.25, 0.3) is 0 Å². The van der Waals surface area contributed by atoms with E-state index in [2.05, 4.69) is 16.3 Å². The third kappa shape index (κ3) is 4.47. The summed E-state index contributed by atoms with van der Waals surface area (Å²) in [5.74, 6) is -0.163. The third-order valence-electron chi connectivity index (χ3n) is 6.54. The number of hydrogen-bond donors (Lipinski definition) is 0. The van der Waals surface area contributed by atoms with Gasteiger partial charge in [-0.1, -0.05) is 18.2 Å². The first kappa shape index (κ1) is 22.3. The monoisotopic (exact) mass is 483 g/mol. The Balaban J connectivity index is 1.29. The summed E-state index contributed by atoms with van der Waals surface area (Å²) in [6.45, 7) is 4.63. The summed E-state index contributed by atoms with van der Waals surface area (Å²) in [6.07, 6.45) is 0.894. The molecule has 3 aromatic rings. The van der Waals surface area contributed by atoms with Crippen LogP contribution in [-0.4, -0.2) is 65.3 Å². The molecule has 2 aliphatic rings. The quantitative estimate of drug-likeness (QED) is 0.557. The molecule has 33 heavy (non-hydrogen) atoms. The van der Waals surface area contributed by atoms with Crippen molar-refractivity contribution in [3.05, 3.63) is 79.9 Å². The van der Waals surface area contributed by atoms with Crippen LogP contribution in [0.1, 0.15) is 38.6 Å². The smallest absolute Gasteiger partial charge is 0.264 e. The Bertz CT molecular complexity index is 1150. The standard InChI is InChI=1S/C25H26FN3O2S2/c1-17-15-27(10-11-29(17)25(31)22-6-3-12-32-22)23(30)16-28-9-7-21-20(8-13-33-21)24(28)18-4-2-5-19(26)14-18/h2-6,8,12-14,17,24H,7,9-11,15-16H2,1H3/t17-,24+/m0/s1. The summed E-state index contributed by atoms with van der Waals surface area (Å²) in [5.41, 5.74) is 2.05. The minimum absolute atomic E-state index is 0.0387. The molecule has 1 fully saturated rings. The number of amides is 2. The molecule has 2 amide bonds. The number of fused-ring (bicyclic) bond motifs is 1. The van der Waals surface area contributed by atoms with Gasteiger partial charge in [0.25, 0.3) is 5.91 Å². The molecule has 2 atom stereocenters. The molecule has 0 N–H and O–H groups in total. The maximum Gasteiger partial charge on any atom is 0.264 e. The van der Waals surface area contributed by atoms with E-state index in [9.17, 15) is 14.0 Å². The average Bonchev–Trinajstić information content (AvgIpc) is 3.50. The number of thiophene rings is 2. The summed E-state index contributed by atoms with van der Waals surface area (Å²) >= 11 is 3.17. The molecular formula is C25H26FN3O2S2. The van der Waals surface area contributed by atoms with Crippen molar-refractivity contribution in [3.8, 4) is 0 Å². The van der Waals surface area contributed by atoms with Crippen molar-refractivity contribution in [3.63, 3.8) is 0 Å². The van der Waals surface area contributed by atoms with Crippen LogP contribution in [0.15, 0.2) is 53.2 Å². The van der Waals surface area contributed by atoms with E-state index >= 15 is 0 Å². The number of nitrogens with zero attached hydrogens (tertiary/aromatic N) is 3. The van der Waals surface area contributed by atoms with Gasteiger partial charge < -0.3 is 9.80 Å². The fraction of sp³-hybridized carbons (Fsp3) is 0.360. The number of hydrogen-bond acceptors (Lipinski definition) is 5. The van der Waals surface area contributed by atoms with Crippen molar-refractivity contribution >= 4 is 34.5 Å². The molecule has 0 spiro atoms. The summed E-state index contributed by atoms with van der Waals surface area (Å²) in [7, 11) is 0. The van der Waals surface area contributed by atoms with Crippen molar-refractivity contribution in [1.29, 1.82) is 0 Å². The van der Waals surface area contributed by atoms with Gasteiger partial charge in [0.15, 0.2) is 0 Å². The summed E-state index contributed by atoms with van der Waals surface area (Å²) in [5, 5.41) is 3.98. The van der Waals surface area contributed by atoms with E-state index in [1.807, 2.05) is 40.3 Å². The number of piperazine rings is 1. The van der Waals surface area contributed by atoms with Crippen LogP contribution in [0, 0.1) is 5.82 Å². The highest BCUT2D eigenvalue weighted by atomic mass is 32.1. The highest BCUT2D eigenvalue weighted by molar-refractivity contribution is 7.12. The van der Waals surface area contributed by atoms with E-state index in [0.29, 0.717) is 19.6 Å². The molecule has 0 unspecified atom stereocenters. The van der Waals surface area contributed by atoms with Gasteiger partial charge in [-0.25, -0.2) is 4.39 Å². The van der Waals surface area contributed by atoms with Gasteiger partial charge in [0.1, 0.15) is 5.82 Å². The summed E-state index contributed by atoms with van der Waals surface area (Å²) < 4.78 is 14.0. The van der Waals surface area contributed by atoms with Crippen molar-refractivity contribution < 1.29 is 14.0 Å². The van der Waals surface area contributed by atoms with E-state index in [-0.39, 0.29) is 36.3 Å². The van der Waals surface area contributed by atoms with Crippen LogP contribution >= 0.6 is 22.7 Å². The van der Waals surface area contributed by atoms with Crippen LogP contribution in [0.5, 0.6) is 0 Å². The first-order valence-corrected chi connectivity index (χ1v) is 12.9. The van der Waals surface area contributed by atoms with Gasteiger partial charge in [0.2, 0.25) is 5.91 Å². The maximum absolute atomic E-state index is 14.0. The lowest BCUT2D eigenvalue weighted by atomic mass is 9.93. The van der Waals surface area contributed by atoms with Crippen LogP contribution in [0.2, 0.25) is 0 Å². The molecule has 4 heterocycles. The maximum atomic E-state index is 14.0. The van der Waals surface area contributed by atoms with E-state index in [0.717, 1.165) is 23.4 Å². The predicted molar refractivity (Wildman–Crippen MR) is 129 cm³/mol. The Morgan fingerprint density at radius 2 is 1.94 bits per heavy atom. The van der Waals surface area contributed by atoms with Gasteiger partial charge in [-0.05, 0) is 59.5 Å². The Kier molecular flexibility index (Phi) is 6.32. The predicted octanol–water partition coefficient (Wildman–Crippen LogP) is 4.27. The highest BCUT2D eigenvalue weighted by Gasteiger charge is 2.35. The third-order valence-corrected chi connectivity index (χ3v) is 8.40. The SMILES string of the molecule is C[C@H]1CN(C(=O)CN2CCc3sccc3[C@H]2c2cccc(F)c2)CCN1C(=O)c1cccs1. The average molecular weight is 484 g/mol. The van der Waals surface area contributed by atoms with Gasteiger partial charge in [0, 0.05) is 37.1 Å². The molecule has 0 radical (unpaired) electrons. The Labute approximate surface area is 201 Å². The van der Waals surface area contributed by atoms with Crippen LogP contribution < -0.4 is 0 Å². The first-order valence-electron chi connectivity index (χ1n) is 11.2. The number of carbonyl (C=O) groups is 2. The Morgan fingerprint density at radius 3 is 2.70 bits per heavy atom. The van der Waals surface area contributed by atoms with Crippen molar-refractivity contribution in [1.82, 2.24) is 14.7 Å². The van der Waals surface area contributed by atoms with Gasteiger partial charge in [-0.2, -0.15) is 0 Å². The first-order chi connectivity index (χ1) is 16.0. The lowest BCUT2D eigenvalue weighted by Crippen LogP contribution is -2.57. The zero-order valence-electron chi connectivity index (χ0n) is 18.4. The van der Waals surface area contributed by atoms with Crippen LogP contribution in [0.4, 0.5) is 4.39 Å². The van der Waals surface area contributed by atoms with E-state index in [4.69, 9.17) is 0 Å². The molecule has 5 rings (SSSR count). The normalized spacial score (nSPS) is 21.2. The van der Waals surface area contributed by atoms with Crippen molar-refractivity contribution in [2.45, 2.75) is 25.4 Å². The fourth-order valence-electron chi connectivity index (χ4n) is 4.91. The number of halogens is 1. The molecular weight excluding hydrogens is 457 g/mol. The molecule has 172 valence electrons.